The summed E-state index contributed by atoms with van der Waals surface area (Å²) in [4.78, 5) is 0. The monoisotopic (exact) mass is 274 g/mol. The van der Waals surface area contributed by atoms with Crippen LogP contribution in [0.4, 0.5) is 4.39 Å². The van der Waals surface area contributed by atoms with Crippen LogP contribution in [0.3, 0.4) is 0 Å². The summed E-state index contributed by atoms with van der Waals surface area (Å²) in [7, 11) is 0. The van der Waals surface area contributed by atoms with Gasteiger partial charge in [-0.25, -0.2) is 4.39 Å². The van der Waals surface area contributed by atoms with Crippen molar-refractivity contribution in [1.82, 2.24) is 10.2 Å². The number of halogens is 2. The molecule has 0 unspecified atom stereocenters. The quantitative estimate of drug-likeness (QED) is 0.689. The molecule has 0 amide bonds. The van der Waals surface area contributed by atoms with E-state index >= 15 is 0 Å². The highest BCUT2D eigenvalue weighted by atomic mass is 127. The number of rotatable bonds is 0. The molecular formula is C8H4FIN2. The Kier molecular flexibility index (Phi) is 1.92. The molecule has 0 N–H and O–H groups in total. The predicted octanol–water partition coefficient (Wildman–Crippen LogP) is 2.37. The van der Waals surface area contributed by atoms with Crippen molar-refractivity contribution in [3.63, 3.8) is 0 Å². The topological polar surface area (TPSA) is 25.8 Å². The van der Waals surface area contributed by atoms with Gasteiger partial charge in [-0.1, -0.05) is 12.1 Å². The molecule has 1 heterocycles. The Morgan fingerprint density at radius 3 is 2.92 bits per heavy atom. The fraction of sp³-hybridized carbons (Fsp3) is 0. The summed E-state index contributed by atoms with van der Waals surface area (Å²) in [5.41, 5.74) is 0.331. The lowest BCUT2D eigenvalue weighted by Crippen LogP contribution is -1.89. The molecule has 0 radical (unpaired) electrons. The van der Waals surface area contributed by atoms with Crippen LogP contribution in [-0.4, -0.2) is 10.2 Å². The molecule has 0 bridgehead atoms. The van der Waals surface area contributed by atoms with Crippen LogP contribution in [0.2, 0.25) is 0 Å². The van der Waals surface area contributed by atoms with E-state index in [9.17, 15) is 4.39 Å². The van der Waals surface area contributed by atoms with E-state index in [-0.39, 0.29) is 5.82 Å². The maximum absolute atomic E-state index is 13.0. The summed E-state index contributed by atoms with van der Waals surface area (Å²) < 4.78 is 13.8. The van der Waals surface area contributed by atoms with Crippen molar-refractivity contribution in [3.8, 4) is 0 Å². The van der Waals surface area contributed by atoms with Crippen molar-refractivity contribution < 1.29 is 4.39 Å². The SMILES string of the molecule is Fc1cccc2cc(I)nnc12. The van der Waals surface area contributed by atoms with Crippen LogP contribution < -0.4 is 0 Å². The van der Waals surface area contributed by atoms with Gasteiger partial charge in [-0.05, 0) is 34.7 Å². The first-order valence-corrected chi connectivity index (χ1v) is 4.43. The average molecular weight is 274 g/mol. The first-order chi connectivity index (χ1) is 5.77. The van der Waals surface area contributed by atoms with E-state index in [1.165, 1.54) is 6.07 Å². The summed E-state index contributed by atoms with van der Waals surface area (Å²) >= 11 is 2.04. The van der Waals surface area contributed by atoms with E-state index in [0.29, 0.717) is 5.52 Å². The van der Waals surface area contributed by atoms with E-state index in [0.717, 1.165) is 9.09 Å². The number of aromatic nitrogens is 2. The van der Waals surface area contributed by atoms with Gasteiger partial charge in [0.15, 0.2) is 5.82 Å². The Morgan fingerprint density at radius 1 is 1.25 bits per heavy atom. The van der Waals surface area contributed by atoms with Gasteiger partial charge in [0.25, 0.3) is 0 Å². The third-order valence-electron chi connectivity index (χ3n) is 1.54. The van der Waals surface area contributed by atoms with Gasteiger partial charge in [0.05, 0.1) is 0 Å². The highest BCUT2D eigenvalue weighted by molar-refractivity contribution is 14.1. The second-order valence-electron chi connectivity index (χ2n) is 2.34. The van der Waals surface area contributed by atoms with Gasteiger partial charge in [-0.3, -0.25) is 0 Å². The van der Waals surface area contributed by atoms with Gasteiger partial charge in [0, 0.05) is 5.39 Å². The van der Waals surface area contributed by atoms with Crippen molar-refractivity contribution in [1.29, 1.82) is 0 Å². The molecule has 1 aromatic heterocycles. The molecule has 0 saturated carbocycles. The second-order valence-corrected chi connectivity index (χ2v) is 3.45. The minimum atomic E-state index is -0.323. The van der Waals surface area contributed by atoms with E-state index in [1.807, 2.05) is 28.7 Å². The molecule has 2 nitrogen and oxygen atoms in total. The fourth-order valence-electron chi connectivity index (χ4n) is 1.01. The number of hydrogen-bond donors (Lipinski definition) is 0. The molecule has 2 aromatic rings. The maximum Gasteiger partial charge on any atom is 0.151 e. The minimum Gasteiger partial charge on any atom is -0.205 e. The fourth-order valence-corrected chi connectivity index (χ4v) is 1.45. The molecule has 0 aliphatic carbocycles. The third-order valence-corrected chi connectivity index (χ3v) is 2.07. The van der Waals surface area contributed by atoms with Crippen molar-refractivity contribution in [2.75, 3.05) is 0 Å². The molecular weight excluding hydrogens is 270 g/mol. The lowest BCUT2D eigenvalue weighted by atomic mass is 10.2. The highest BCUT2D eigenvalue weighted by Gasteiger charge is 2.01. The molecule has 0 aliphatic rings. The van der Waals surface area contributed by atoms with E-state index < -0.39 is 0 Å². The summed E-state index contributed by atoms with van der Waals surface area (Å²) in [6, 6.07) is 6.65. The van der Waals surface area contributed by atoms with Crippen LogP contribution in [0.25, 0.3) is 10.9 Å². The van der Waals surface area contributed by atoms with Crippen molar-refractivity contribution in [3.05, 3.63) is 33.8 Å². The Labute approximate surface area is 81.9 Å². The summed E-state index contributed by atoms with van der Waals surface area (Å²) in [6.07, 6.45) is 0. The zero-order chi connectivity index (χ0) is 8.55. The van der Waals surface area contributed by atoms with Gasteiger partial charge in [-0.2, -0.15) is 0 Å². The predicted molar refractivity (Wildman–Crippen MR) is 52.2 cm³/mol. The van der Waals surface area contributed by atoms with Gasteiger partial charge in [0.1, 0.15) is 9.22 Å². The van der Waals surface area contributed by atoms with Crippen molar-refractivity contribution >= 4 is 33.5 Å². The van der Waals surface area contributed by atoms with Gasteiger partial charge < -0.3 is 0 Å². The Morgan fingerprint density at radius 2 is 2.08 bits per heavy atom. The first kappa shape index (κ1) is 7.85. The lowest BCUT2D eigenvalue weighted by Gasteiger charge is -1.96. The smallest absolute Gasteiger partial charge is 0.151 e. The highest BCUT2D eigenvalue weighted by Crippen LogP contribution is 2.15. The number of fused-ring (bicyclic) bond motifs is 1. The Balaban J connectivity index is 2.86. The Bertz CT molecular complexity index is 430. The molecule has 0 spiro atoms. The number of hydrogen-bond acceptors (Lipinski definition) is 2. The third kappa shape index (κ3) is 1.26. The van der Waals surface area contributed by atoms with Crippen LogP contribution in [0, 0.1) is 9.52 Å². The number of benzene rings is 1. The molecule has 0 aliphatic heterocycles. The summed E-state index contributed by atoms with van der Waals surface area (Å²) in [5.74, 6) is -0.323. The first-order valence-electron chi connectivity index (χ1n) is 3.35. The lowest BCUT2D eigenvalue weighted by molar-refractivity contribution is 0.635. The van der Waals surface area contributed by atoms with Crippen LogP contribution in [0.5, 0.6) is 0 Å². The van der Waals surface area contributed by atoms with E-state index in [4.69, 9.17) is 0 Å². The molecule has 0 saturated heterocycles. The molecule has 2 rings (SSSR count). The second kappa shape index (κ2) is 2.93. The molecule has 4 heteroatoms. The summed E-state index contributed by atoms with van der Waals surface area (Å²) in [6.45, 7) is 0. The Hall–Kier alpha value is -0.780. The largest absolute Gasteiger partial charge is 0.205 e. The van der Waals surface area contributed by atoms with Crippen molar-refractivity contribution in [2.24, 2.45) is 0 Å². The molecule has 0 atom stereocenters. The van der Waals surface area contributed by atoms with E-state index in [2.05, 4.69) is 10.2 Å². The zero-order valence-corrected chi connectivity index (χ0v) is 8.12. The van der Waals surface area contributed by atoms with E-state index in [1.54, 1.807) is 12.1 Å². The molecule has 0 fully saturated rings. The van der Waals surface area contributed by atoms with Gasteiger partial charge >= 0.3 is 0 Å². The van der Waals surface area contributed by atoms with Crippen LogP contribution in [0.1, 0.15) is 0 Å². The van der Waals surface area contributed by atoms with Gasteiger partial charge in [0.2, 0.25) is 0 Å². The maximum atomic E-state index is 13.0. The average Bonchev–Trinajstić information content (AvgIpc) is 2.04. The minimum absolute atomic E-state index is 0.323. The van der Waals surface area contributed by atoms with Crippen molar-refractivity contribution in [2.45, 2.75) is 0 Å². The zero-order valence-electron chi connectivity index (χ0n) is 5.96. The normalized spacial score (nSPS) is 10.5. The van der Waals surface area contributed by atoms with Gasteiger partial charge in [-0.15, -0.1) is 10.2 Å². The van der Waals surface area contributed by atoms with Crippen LogP contribution in [-0.2, 0) is 0 Å². The summed E-state index contributed by atoms with van der Waals surface area (Å²) in [5, 5.41) is 8.30. The molecule has 1 aromatic carbocycles. The standard InChI is InChI=1S/C8H4FIN2/c9-6-3-1-2-5-4-7(10)11-12-8(5)6/h1-4H. The molecule has 60 valence electrons. The van der Waals surface area contributed by atoms with Crippen LogP contribution in [0.15, 0.2) is 24.3 Å². The van der Waals surface area contributed by atoms with Crippen LogP contribution >= 0.6 is 22.6 Å². The number of nitrogens with zero attached hydrogens (tertiary/aromatic N) is 2. The molecule has 12 heavy (non-hydrogen) atoms.